The molecule has 0 aliphatic heterocycles. The fraction of sp³-hybridized carbons (Fsp3) is 0.429. The Bertz CT molecular complexity index is 536. The number of hydrogen-bond acceptors (Lipinski definition) is 3. The molecule has 0 aliphatic carbocycles. The highest BCUT2D eigenvalue weighted by Gasteiger charge is 2.16. The molecule has 0 aromatic carbocycles. The number of halogens is 1. The predicted octanol–water partition coefficient (Wildman–Crippen LogP) is 2.15. The molecule has 2 rings (SSSR count). The lowest BCUT2D eigenvalue weighted by Gasteiger charge is -2.16. The van der Waals surface area contributed by atoms with Gasteiger partial charge in [-0.15, -0.1) is 0 Å². The molecule has 4 nitrogen and oxygen atoms in total. The molecule has 102 valence electrons. The average Bonchev–Trinajstić information content (AvgIpc) is 2.65. The second-order valence-corrected chi connectivity index (χ2v) is 5.10. The molecule has 0 amide bonds. The van der Waals surface area contributed by atoms with Crippen LogP contribution in [-0.4, -0.2) is 27.9 Å². The summed E-state index contributed by atoms with van der Waals surface area (Å²) >= 11 is 6.30. The van der Waals surface area contributed by atoms with E-state index in [1.165, 1.54) is 5.56 Å². The number of rotatable bonds is 5. The van der Waals surface area contributed by atoms with Crippen LogP contribution in [0.25, 0.3) is 0 Å². The zero-order valence-corrected chi connectivity index (χ0v) is 12.3. The van der Waals surface area contributed by atoms with E-state index in [1.54, 1.807) is 0 Å². The van der Waals surface area contributed by atoms with E-state index < -0.39 is 0 Å². The molecule has 2 heterocycles. The Morgan fingerprint density at radius 3 is 2.53 bits per heavy atom. The van der Waals surface area contributed by atoms with E-state index in [4.69, 9.17) is 11.6 Å². The minimum Gasteiger partial charge on any atom is -0.316 e. The molecule has 1 unspecified atom stereocenters. The van der Waals surface area contributed by atoms with Gasteiger partial charge in [-0.2, -0.15) is 5.10 Å². The molecule has 5 heteroatoms. The topological polar surface area (TPSA) is 42.7 Å². The molecule has 0 saturated heterocycles. The minimum absolute atomic E-state index is 0.328. The number of pyridine rings is 1. The number of likely N-dealkylation sites (N-methyl/N-ethyl adjacent to an activating group) is 1. The van der Waals surface area contributed by atoms with Crippen molar-refractivity contribution in [2.75, 3.05) is 7.05 Å². The van der Waals surface area contributed by atoms with Gasteiger partial charge in [0.2, 0.25) is 0 Å². The van der Waals surface area contributed by atoms with Crippen LogP contribution in [0.15, 0.2) is 24.5 Å². The van der Waals surface area contributed by atoms with Gasteiger partial charge in [0, 0.05) is 31.9 Å². The summed E-state index contributed by atoms with van der Waals surface area (Å²) < 4.78 is 1.87. The Balaban J connectivity index is 2.11. The fourth-order valence-electron chi connectivity index (χ4n) is 2.21. The zero-order valence-electron chi connectivity index (χ0n) is 11.5. The lowest BCUT2D eigenvalue weighted by Crippen LogP contribution is -2.30. The van der Waals surface area contributed by atoms with Crippen LogP contribution in [0.1, 0.15) is 17.0 Å². The highest BCUT2D eigenvalue weighted by molar-refractivity contribution is 6.31. The van der Waals surface area contributed by atoms with E-state index in [2.05, 4.69) is 15.4 Å². The van der Waals surface area contributed by atoms with Crippen molar-refractivity contribution >= 4 is 11.6 Å². The largest absolute Gasteiger partial charge is 0.316 e. The van der Waals surface area contributed by atoms with Crippen LogP contribution < -0.4 is 5.32 Å². The Hall–Kier alpha value is -1.39. The van der Waals surface area contributed by atoms with E-state index in [-0.39, 0.29) is 0 Å². The summed E-state index contributed by atoms with van der Waals surface area (Å²) in [6, 6.07) is 4.41. The van der Waals surface area contributed by atoms with Crippen molar-refractivity contribution in [1.82, 2.24) is 20.1 Å². The van der Waals surface area contributed by atoms with Gasteiger partial charge in [0.15, 0.2) is 0 Å². The summed E-state index contributed by atoms with van der Waals surface area (Å²) in [5, 5.41) is 8.47. The quantitative estimate of drug-likeness (QED) is 0.911. The van der Waals surface area contributed by atoms with Crippen LogP contribution in [0.2, 0.25) is 5.02 Å². The summed E-state index contributed by atoms with van der Waals surface area (Å²) in [4.78, 5) is 4.04. The van der Waals surface area contributed by atoms with E-state index in [0.29, 0.717) is 6.04 Å². The highest BCUT2D eigenvalue weighted by Crippen LogP contribution is 2.21. The highest BCUT2D eigenvalue weighted by atomic mass is 35.5. The van der Waals surface area contributed by atoms with Crippen LogP contribution in [-0.2, 0) is 19.9 Å². The van der Waals surface area contributed by atoms with Crippen LogP contribution in [0.4, 0.5) is 0 Å². The molecular weight excluding hydrogens is 260 g/mol. The minimum atomic E-state index is 0.328. The second-order valence-electron chi connectivity index (χ2n) is 4.72. The smallest absolute Gasteiger partial charge is 0.0847 e. The van der Waals surface area contributed by atoms with Gasteiger partial charge in [-0.25, -0.2) is 0 Å². The Labute approximate surface area is 118 Å². The molecule has 0 aliphatic rings. The van der Waals surface area contributed by atoms with E-state index in [9.17, 15) is 0 Å². The van der Waals surface area contributed by atoms with Crippen LogP contribution in [0.5, 0.6) is 0 Å². The van der Waals surface area contributed by atoms with Crippen molar-refractivity contribution in [3.8, 4) is 0 Å². The number of aromatic nitrogens is 3. The first-order valence-electron chi connectivity index (χ1n) is 6.36. The van der Waals surface area contributed by atoms with E-state index >= 15 is 0 Å². The normalized spacial score (nSPS) is 12.6. The van der Waals surface area contributed by atoms with Crippen LogP contribution in [0.3, 0.4) is 0 Å². The number of nitrogens with zero attached hydrogens (tertiary/aromatic N) is 3. The van der Waals surface area contributed by atoms with E-state index in [1.807, 2.05) is 50.2 Å². The Kier molecular flexibility index (Phi) is 4.56. The van der Waals surface area contributed by atoms with Crippen molar-refractivity contribution in [3.63, 3.8) is 0 Å². The molecule has 2 aromatic rings. The molecule has 19 heavy (non-hydrogen) atoms. The molecule has 0 saturated carbocycles. The molecule has 0 radical (unpaired) electrons. The van der Waals surface area contributed by atoms with Gasteiger partial charge < -0.3 is 5.32 Å². The third-order valence-corrected chi connectivity index (χ3v) is 3.83. The molecule has 0 spiro atoms. The van der Waals surface area contributed by atoms with Gasteiger partial charge in [-0.05, 0) is 38.1 Å². The summed E-state index contributed by atoms with van der Waals surface area (Å²) in [5.74, 6) is 0. The number of hydrogen-bond donors (Lipinski definition) is 1. The number of nitrogens with one attached hydrogen (secondary N) is 1. The first-order chi connectivity index (χ1) is 9.11. The lowest BCUT2D eigenvalue weighted by atomic mass is 10.0. The van der Waals surface area contributed by atoms with Gasteiger partial charge in [-0.3, -0.25) is 9.67 Å². The monoisotopic (exact) mass is 278 g/mol. The third-order valence-electron chi connectivity index (χ3n) is 3.34. The maximum atomic E-state index is 6.30. The summed E-state index contributed by atoms with van der Waals surface area (Å²) in [6.45, 7) is 1.93. The van der Waals surface area contributed by atoms with Crippen molar-refractivity contribution in [2.45, 2.75) is 25.8 Å². The second kappa shape index (κ2) is 6.17. The van der Waals surface area contributed by atoms with Crippen LogP contribution >= 0.6 is 11.6 Å². The SMILES string of the molecule is CNC(Cc1ccncc1)Cc1c(Cl)c(C)nn1C. The number of aryl methyl sites for hydroxylation is 2. The molecule has 1 atom stereocenters. The average molecular weight is 279 g/mol. The maximum absolute atomic E-state index is 6.30. The lowest BCUT2D eigenvalue weighted by molar-refractivity contribution is 0.533. The summed E-state index contributed by atoms with van der Waals surface area (Å²) in [5.41, 5.74) is 3.23. The van der Waals surface area contributed by atoms with Gasteiger partial charge in [0.25, 0.3) is 0 Å². The first kappa shape index (κ1) is 14.0. The first-order valence-corrected chi connectivity index (χ1v) is 6.73. The van der Waals surface area contributed by atoms with Crippen molar-refractivity contribution in [3.05, 3.63) is 46.5 Å². The predicted molar refractivity (Wildman–Crippen MR) is 77.4 cm³/mol. The van der Waals surface area contributed by atoms with Crippen molar-refractivity contribution in [1.29, 1.82) is 0 Å². The maximum Gasteiger partial charge on any atom is 0.0847 e. The molecule has 0 bridgehead atoms. The van der Waals surface area contributed by atoms with Gasteiger partial charge in [-0.1, -0.05) is 11.6 Å². The van der Waals surface area contributed by atoms with Gasteiger partial charge in [0.1, 0.15) is 0 Å². The summed E-state index contributed by atoms with van der Waals surface area (Å²) in [6.07, 6.45) is 5.45. The standard InChI is InChI=1S/C14H19ClN4/c1-10-14(15)13(19(3)18-10)9-12(16-2)8-11-4-6-17-7-5-11/h4-7,12,16H,8-9H2,1-3H3. The molecule has 1 N–H and O–H groups in total. The molecule has 2 aromatic heterocycles. The van der Waals surface area contributed by atoms with Crippen molar-refractivity contribution < 1.29 is 0 Å². The molecular formula is C14H19ClN4. The Morgan fingerprint density at radius 1 is 1.32 bits per heavy atom. The van der Waals surface area contributed by atoms with Crippen molar-refractivity contribution in [2.24, 2.45) is 7.05 Å². The summed E-state index contributed by atoms with van der Waals surface area (Å²) in [7, 11) is 3.91. The van der Waals surface area contributed by atoms with E-state index in [0.717, 1.165) is 29.3 Å². The third kappa shape index (κ3) is 3.33. The Morgan fingerprint density at radius 2 is 2.00 bits per heavy atom. The zero-order chi connectivity index (χ0) is 13.8. The van der Waals surface area contributed by atoms with Gasteiger partial charge >= 0.3 is 0 Å². The fourth-order valence-corrected chi connectivity index (χ4v) is 2.45. The molecule has 0 fully saturated rings. The van der Waals surface area contributed by atoms with Gasteiger partial charge in [0.05, 0.1) is 16.4 Å². The van der Waals surface area contributed by atoms with Crippen LogP contribution in [0, 0.1) is 6.92 Å².